The number of rotatable bonds is 14. The minimum Gasteiger partial charge on any atom is -0.369 e. The predicted octanol–water partition coefficient (Wildman–Crippen LogP) is 7.10. The normalized spacial score (nSPS) is 25.5. The summed E-state index contributed by atoms with van der Waals surface area (Å²) in [6.45, 7) is 32.4. The Labute approximate surface area is 325 Å². The summed E-state index contributed by atoms with van der Waals surface area (Å²) in [4.78, 5) is 29.5. The number of nitrogens with one attached hydrogen (secondary N) is 1. The lowest BCUT2D eigenvalue weighted by Gasteiger charge is -2.55. The quantitative estimate of drug-likeness (QED) is 0.109. The van der Waals surface area contributed by atoms with Crippen molar-refractivity contribution >= 4 is 11.9 Å². The van der Waals surface area contributed by atoms with Crippen molar-refractivity contribution in [3.63, 3.8) is 0 Å². The van der Waals surface area contributed by atoms with Gasteiger partial charge in [-0.3, -0.25) is 5.41 Å². The maximum absolute atomic E-state index is 9.43. The molecule has 0 spiro atoms. The molecule has 0 bridgehead atoms. The fourth-order valence-corrected chi connectivity index (χ4v) is 11.3. The average Bonchev–Trinajstić information content (AvgIpc) is 2.98. The zero-order valence-electron chi connectivity index (χ0n) is 37.4. The van der Waals surface area contributed by atoms with E-state index in [-0.39, 0.29) is 51.3 Å². The van der Waals surface area contributed by atoms with Gasteiger partial charge in [0.2, 0.25) is 5.96 Å². The summed E-state index contributed by atoms with van der Waals surface area (Å²) in [5.74, 6) is 0.659. The Hall–Kier alpha value is -1.54. The van der Waals surface area contributed by atoms with Crippen LogP contribution in [0, 0.1) is 5.41 Å². The lowest BCUT2D eigenvalue weighted by atomic mass is 9.78. The molecular formula is C41H83N9O3. The van der Waals surface area contributed by atoms with Gasteiger partial charge in [-0.05, 0) is 148 Å². The minimum atomic E-state index is -0.204. The molecule has 0 unspecified atom stereocenters. The average molecular weight is 750 g/mol. The number of nitrogens with zero attached hydrogens (tertiary/aromatic N) is 7. The molecule has 0 aliphatic carbocycles. The van der Waals surface area contributed by atoms with Gasteiger partial charge in [0.25, 0.3) is 0 Å². The van der Waals surface area contributed by atoms with Crippen LogP contribution < -0.4 is 5.73 Å². The first kappa shape index (κ1) is 45.8. The van der Waals surface area contributed by atoms with Crippen LogP contribution in [0.2, 0.25) is 0 Å². The van der Waals surface area contributed by atoms with Crippen LogP contribution in [-0.2, 0) is 14.5 Å². The molecule has 0 aromatic carbocycles. The highest BCUT2D eigenvalue weighted by atomic mass is 16.7. The molecule has 310 valence electrons. The number of piperidine rings is 3. The van der Waals surface area contributed by atoms with Crippen molar-refractivity contribution < 1.29 is 14.5 Å². The number of nitrogens with two attached hydrogens (primary N) is 1. The van der Waals surface area contributed by atoms with Gasteiger partial charge in [-0.25, -0.2) is 0 Å². The van der Waals surface area contributed by atoms with Crippen LogP contribution >= 0.6 is 0 Å². The van der Waals surface area contributed by atoms with Gasteiger partial charge in [0.05, 0.1) is 21.3 Å². The van der Waals surface area contributed by atoms with Crippen LogP contribution in [0.25, 0.3) is 0 Å². The molecule has 53 heavy (non-hydrogen) atoms. The Morgan fingerprint density at radius 1 is 0.604 bits per heavy atom. The summed E-state index contributed by atoms with van der Waals surface area (Å²) < 4.78 is 0. The van der Waals surface area contributed by atoms with Crippen LogP contribution in [-0.4, -0.2) is 141 Å². The van der Waals surface area contributed by atoms with E-state index in [0.717, 1.165) is 71.0 Å². The van der Waals surface area contributed by atoms with E-state index in [1.165, 1.54) is 12.8 Å². The summed E-state index contributed by atoms with van der Waals surface area (Å²) >= 11 is 0. The van der Waals surface area contributed by atoms with Crippen LogP contribution in [0.15, 0.2) is 4.99 Å². The molecular weight excluding hydrogens is 667 g/mol. The van der Waals surface area contributed by atoms with E-state index in [0.29, 0.717) is 12.0 Å². The lowest BCUT2D eigenvalue weighted by molar-refractivity contribution is -0.272. The van der Waals surface area contributed by atoms with Crippen molar-refractivity contribution in [1.82, 2.24) is 29.9 Å². The zero-order valence-corrected chi connectivity index (χ0v) is 37.4. The fraction of sp³-hybridized carbons (Fsp3) is 0.951. The monoisotopic (exact) mass is 750 g/mol. The van der Waals surface area contributed by atoms with Crippen molar-refractivity contribution in [3.05, 3.63) is 0 Å². The summed E-state index contributed by atoms with van der Waals surface area (Å²) in [5, 5.41) is 15.9. The molecule has 3 aliphatic heterocycles. The molecule has 0 saturated carbocycles. The zero-order chi connectivity index (χ0) is 40.4. The first-order valence-electron chi connectivity index (χ1n) is 20.5. The summed E-state index contributed by atoms with van der Waals surface area (Å²) in [5.41, 5.74) is 5.99. The third-order valence-corrected chi connectivity index (χ3v) is 12.6. The maximum Gasteiger partial charge on any atom is 0.221 e. The molecule has 3 heterocycles. The smallest absolute Gasteiger partial charge is 0.221 e. The third kappa shape index (κ3) is 10.7. The highest BCUT2D eigenvalue weighted by Crippen LogP contribution is 2.43. The molecule has 12 heteroatoms. The molecule has 0 amide bonds. The molecule has 3 fully saturated rings. The number of aliphatic imine (C=N–C) groups is 1. The summed E-state index contributed by atoms with van der Waals surface area (Å²) in [6, 6.07) is 0.860. The Bertz CT molecular complexity index is 1180. The summed E-state index contributed by atoms with van der Waals surface area (Å²) in [6.07, 6.45) is 10.2. The van der Waals surface area contributed by atoms with Gasteiger partial charge in [0.1, 0.15) is 0 Å². The third-order valence-electron chi connectivity index (χ3n) is 12.6. The van der Waals surface area contributed by atoms with Crippen LogP contribution in [0.4, 0.5) is 0 Å². The highest BCUT2D eigenvalue weighted by molar-refractivity contribution is 5.92. The Morgan fingerprint density at radius 3 is 1.30 bits per heavy atom. The van der Waals surface area contributed by atoms with Crippen LogP contribution in [0.3, 0.4) is 0 Å². The van der Waals surface area contributed by atoms with E-state index in [2.05, 4.69) is 120 Å². The molecule has 3 N–H and O–H groups in total. The number of guanidine groups is 2. The molecule has 3 rings (SSSR count). The van der Waals surface area contributed by atoms with Gasteiger partial charge in [-0.2, -0.15) is 20.2 Å². The first-order chi connectivity index (χ1) is 24.3. The number of hydroxylamine groups is 6. The Kier molecular flexibility index (Phi) is 15.0. The van der Waals surface area contributed by atoms with E-state index in [9.17, 15) is 5.41 Å². The molecule has 0 aromatic heterocycles. The number of unbranched alkanes of at least 4 members (excludes halogenated alkanes) is 3. The van der Waals surface area contributed by atoms with Gasteiger partial charge in [-0.15, -0.1) is 0 Å². The minimum absolute atomic E-state index is 0.0134. The van der Waals surface area contributed by atoms with Crippen molar-refractivity contribution in [2.24, 2.45) is 10.7 Å². The van der Waals surface area contributed by atoms with Gasteiger partial charge in [-0.1, -0.05) is 19.8 Å². The van der Waals surface area contributed by atoms with Crippen molar-refractivity contribution in [2.45, 2.75) is 206 Å². The second-order valence-corrected chi connectivity index (χ2v) is 20.1. The van der Waals surface area contributed by atoms with Gasteiger partial charge in [0, 0.05) is 65.0 Å². The Morgan fingerprint density at radius 2 is 0.943 bits per heavy atom. The first-order valence-corrected chi connectivity index (χ1v) is 20.5. The largest absolute Gasteiger partial charge is 0.369 e. The molecule has 12 nitrogen and oxygen atoms in total. The van der Waals surface area contributed by atoms with Crippen molar-refractivity contribution in [3.8, 4) is 0 Å². The molecule has 0 atom stereocenters. The molecule has 3 aliphatic rings. The van der Waals surface area contributed by atoms with Gasteiger partial charge >= 0.3 is 0 Å². The van der Waals surface area contributed by atoms with E-state index in [1.807, 2.05) is 14.2 Å². The summed E-state index contributed by atoms with van der Waals surface area (Å²) in [7, 11) is 7.37. The number of hydrogen-bond donors (Lipinski definition) is 2. The van der Waals surface area contributed by atoms with Crippen molar-refractivity contribution in [2.75, 3.05) is 48.0 Å². The van der Waals surface area contributed by atoms with Gasteiger partial charge in [0.15, 0.2) is 5.96 Å². The van der Waals surface area contributed by atoms with Gasteiger partial charge < -0.3 is 34.9 Å². The second kappa shape index (κ2) is 17.3. The lowest BCUT2D eigenvalue weighted by Crippen LogP contribution is -2.64. The molecule has 0 radical (unpaired) electrons. The van der Waals surface area contributed by atoms with E-state index >= 15 is 0 Å². The van der Waals surface area contributed by atoms with E-state index < -0.39 is 0 Å². The van der Waals surface area contributed by atoms with E-state index in [1.54, 1.807) is 14.2 Å². The second-order valence-electron chi connectivity index (χ2n) is 20.1. The fourth-order valence-electron chi connectivity index (χ4n) is 11.3. The van der Waals surface area contributed by atoms with Crippen molar-refractivity contribution in [1.29, 1.82) is 5.41 Å². The standard InChI is InChI=1S/C41H83N9O3/c1-18-46(32-27-38(6,7)49(52-16)39(8,9)28-32)23-21-19-20-22-24-47(33-29-40(10,11)50(53-17)41(12,13)30-33)35(43)44-34(42)45(14)31-25-36(2,3)48(51-15)37(4,5)26-31/h31-33H,18-30H2,1-17H3,(H3,42,43,44). The number of hydrogen-bond acceptors (Lipinski definition) is 8. The molecule has 3 saturated heterocycles. The topological polar surface area (TPSA) is 109 Å². The Balaban J connectivity index is 1.71. The highest BCUT2D eigenvalue weighted by Gasteiger charge is 2.50. The SMILES string of the molecule is CCN(CCCCCCN(C(=N)/N=C(\N)N(C)C1CC(C)(C)N(OC)C(C)(C)C1)C1CC(C)(C)N(OC)C(C)(C)C1)C1CC(C)(C)N(OC)C(C)(C)C1. The predicted molar refractivity (Wildman–Crippen MR) is 220 cm³/mol. The van der Waals surface area contributed by atoms with Crippen LogP contribution in [0.1, 0.15) is 154 Å². The van der Waals surface area contributed by atoms with Crippen LogP contribution in [0.5, 0.6) is 0 Å². The molecule has 0 aromatic rings. The van der Waals surface area contributed by atoms with E-state index in [4.69, 9.17) is 25.2 Å². The maximum atomic E-state index is 9.43.